The van der Waals surface area contributed by atoms with E-state index in [-0.39, 0.29) is 31.2 Å². The molecule has 0 unspecified atom stereocenters. The van der Waals surface area contributed by atoms with Gasteiger partial charge in [-0.25, -0.2) is 12.8 Å². The van der Waals surface area contributed by atoms with Crippen molar-refractivity contribution in [3.8, 4) is 0 Å². The van der Waals surface area contributed by atoms with Gasteiger partial charge >= 0.3 is 6.18 Å². The number of carbonyl (C=O) groups is 1. The van der Waals surface area contributed by atoms with E-state index in [1.165, 1.54) is 12.1 Å². The van der Waals surface area contributed by atoms with E-state index in [4.69, 9.17) is 5.73 Å². The molecular formula is C20H20F4N2O3S. The maximum Gasteiger partial charge on any atom is 0.433 e. The molecule has 1 heterocycles. The Hall–Kier alpha value is -2.49. The summed E-state index contributed by atoms with van der Waals surface area (Å²) in [5.74, 6) is -1.85. The molecule has 0 spiro atoms. The summed E-state index contributed by atoms with van der Waals surface area (Å²) in [6, 6.07) is 5.50. The summed E-state index contributed by atoms with van der Waals surface area (Å²) in [6.45, 7) is 1.68. The van der Waals surface area contributed by atoms with Crippen molar-refractivity contribution in [2.45, 2.75) is 48.4 Å². The third-order valence-corrected chi connectivity index (χ3v) is 8.18. The number of aromatic nitrogens is 1. The summed E-state index contributed by atoms with van der Waals surface area (Å²) in [7, 11) is -4.35. The molecule has 1 fully saturated rings. The molecule has 10 heteroatoms. The van der Waals surface area contributed by atoms with Crippen LogP contribution in [0.15, 0.2) is 41.4 Å². The van der Waals surface area contributed by atoms with Crippen LogP contribution >= 0.6 is 0 Å². The van der Waals surface area contributed by atoms with Crippen LogP contribution in [0.4, 0.5) is 17.6 Å². The number of rotatable bonds is 4. The van der Waals surface area contributed by atoms with Crippen LogP contribution in [0.1, 0.15) is 42.5 Å². The third kappa shape index (κ3) is 3.80. The van der Waals surface area contributed by atoms with Crippen molar-refractivity contribution < 1.29 is 30.8 Å². The number of pyridine rings is 1. The van der Waals surface area contributed by atoms with E-state index in [0.29, 0.717) is 17.8 Å². The minimum atomic E-state index is -4.72. The number of benzene rings is 1. The van der Waals surface area contributed by atoms with E-state index in [1.807, 2.05) is 0 Å². The highest BCUT2D eigenvalue weighted by Crippen LogP contribution is 2.49. The summed E-state index contributed by atoms with van der Waals surface area (Å²) >= 11 is 0. The predicted octanol–water partition coefficient (Wildman–Crippen LogP) is 3.89. The topological polar surface area (TPSA) is 90.1 Å². The maximum atomic E-state index is 14.8. The number of nitrogens with two attached hydrogens (primary N) is 1. The number of carbonyl (C=O) groups excluding carboxylic acids is 1. The molecule has 0 aliphatic heterocycles. The fraction of sp³-hybridized carbons (Fsp3) is 0.400. The summed E-state index contributed by atoms with van der Waals surface area (Å²) in [4.78, 5) is 14.4. The molecule has 1 aromatic heterocycles. The molecule has 0 radical (unpaired) electrons. The second-order valence-electron chi connectivity index (χ2n) is 7.53. The Morgan fingerprint density at radius 1 is 1.17 bits per heavy atom. The smallest absolute Gasteiger partial charge is 0.369 e. The summed E-state index contributed by atoms with van der Waals surface area (Å²) in [6.07, 6.45) is -4.02. The number of sulfone groups is 1. The van der Waals surface area contributed by atoms with Gasteiger partial charge in [0.2, 0.25) is 5.91 Å². The highest BCUT2D eigenvalue weighted by Gasteiger charge is 2.50. The third-order valence-electron chi connectivity index (χ3n) is 5.66. The fourth-order valence-electron chi connectivity index (χ4n) is 3.97. The lowest BCUT2D eigenvalue weighted by Gasteiger charge is -2.39. The summed E-state index contributed by atoms with van der Waals surface area (Å²) < 4.78 is 78.7. The van der Waals surface area contributed by atoms with E-state index in [1.54, 1.807) is 6.92 Å². The summed E-state index contributed by atoms with van der Waals surface area (Å²) in [5, 5.41) is 0. The van der Waals surface area contributed by atoms with Gasteiger partial charge in [-0.15, -0.1) is 0 Å². The minimum absolute atomic E-state index is 0.0645. The lowest BCUT2D eigenvalue weighted by Crippen LogP contribution is -2.42. The van der Waals surface area contributed by atoms with Crippen molar-refractivity contribution >= 4 is 15.7 Å². The number of amides is 1. The van der Waals surface area contributed by atoms with Gasteiger partial charge in [0.15, 0.2) is 9.84 Å². The quantitative estimate of drug-likeness (QED) is 0.725. The number of primary amides is 1. The zero-order valence-electron chi connectivity index (χ0n) is 16.0. The van der Waals surface area contributed by atoms with Crippen LogP contribution in [0.3, 0.4) is 0 Å². The first-order valence-corrected chi connectivity index (χ1v) is 10.7. The van der Waals surface area contributed by atoms with Gasteiger partial charge in [0.05, 0.1) is 4.90 Å². The number of nitrogens with zero attached hydrogens (tertiary/aromatic N) is 1. The van der Waals surface area contributed by atoms with Crippen LogP contribution in [-0.4, -0.2) is 19.3 Å². The zero-order chi connectivity index (χ0) is 22.3. The molecule has 2 aromatic rings. The van der Waals surface area contributed by atoms with Crippen molar-refractivity contribution in [2.75, 3.05) is 0 Å². The number of hydrogen-bond donors (Lipinski definition) is 1. The molecule has 1 saturated carbocycles. The van der Waals surface area contributed by atoms with Crippen molar-refractivity contribution in [2.24, 2.45) is 11.7 Å². The Balaban J connectivity index is 2.15. The second kappa shape index (κ2) is 7.64. The number of hydrogen-bond acceptors (Lipinski definition) is 4. The Morgan fingerprint density at radius 2 is 1.80 bits per heavy atom. The summed E-state index contributed by atoms with van der Waals surface area (Å²) in [5.41, 5.74) is 4.68. The van der Waals surface area contributed by atoms with Gasteiger partial charge in [-0.2, -0.15) is 13.2 Å². The van der Waals surface area contributed by atoms with Gasteiger partial charge in [-0.1, -0.05) is 17.7 Å². The molecule has 5 nitrogen and oxygen atoms in total. The normalized spacial score (nSPS) is 22.6. The van der Waals surface area contributed by atoms with E-state index >= 15 is 0 Å². The van der Waals surface area contributed by atoms with E-state index in [0.717, 1.165) is 12.1 Å². The fourth-order valence-corrected chi connectivity index (χ4v) is 6.08. The maximum absolute atomic E-state index is 14.8. The molecule has 1 aliphatic carbocycles. The molecule has 1 amide bonds. The van der Waals surface area contributed by atoms with Gasteiger partial charge < -0.3 is 5.73 Å². The minimum Gasteiger partial charge on any atom is -0.369 e. The standard InChI is InChI=1S/C20H20F4N2O3S/c1-12-2-4-16(21)15(10-12)19(8-6-13(7-9-19)18(25)27)30(28,29)14-3-5-17(26-11-14)20(22,23)24/h2-5,10-11,13H,6-9H2,1H3,(H2,25,27). The van der Waals surface area contributed by atoms with Gasteiger partial charge in [0.1, 0.15) is 16.3 Å². The molecule has 1 aromatic carbocycles. The van der Waals surface area contributed by atoms with Crippen LogP contribution in [0, 0.1) is 18.7 Å². The first kappa shape index (κ1) is 22.2. The van der Waals surface area contributed by atoms with Crippen molar-refractivity contribution in [1.29, 1.82) is 0 Å². The number of alkyl halides is 3. The molecule has 0 bridgehead atoms. The van der Waals surface area contributed by atoms with Crippen molar-refractivity contribution in [3.05, 3.63) is 59.2 Å². The van der Waals surface area contributed by atoms with Crippen LogP contribution < -0.4 is 5.73 Å². The largest absolute Gasteiger partial charge is 0.433 e. The number of aryl methyl sites for hydroxylation is 1. The van der Waals surface area contributed by atoms with Gasteiger partial charge in [-0.3, -0.25) is 9.78 Å². The van der Waals surface area contributed by atoms with Gasteiger partial charge in [-0.05, 0) is 50.8 Å². The molecule has 2 N–H and O–H groups in total. The van der Waals surface area contributed by atoms with E-state index in [2.05, 4.69) is 4.98 Å². The monoisotopic (exact) mass is 444 g/mol. The molecule has 0 saturated heterocycles. The first-order chi connectivity index (χ1) is 13.9. The number of halogens is 4. The predicted molar refractivity (Wildman–Crippen MR) is 100 cm³/mol. The van der Waals surface area contributed by atoms with Crippen LogP contribution in [0.5, 0.6) is 0 Å². The molecule has 3 rings (SSSR count). The van der Waals surface area contributed by atoms with Gasteiger partial charge in [0, 0.05) is 17.7 Å². The molecule has 1 aliphatic rings. The first-order valence-electron chi connectivity index (χ1n) is 9.22. The Morgan fingerprint density at radius 3 is 2.30 bits per heavy atom. The molecule has 30 heavy (non-hydrogen) atoms. The average Bonchev–Trinajstić information content (AvgIpc) is 2.69. The molecule has 0 atom stereocenters. The van der Waals surface area contributed by atoms with Crippen molar-refractivity contribution in [1.82, 2.24) is 4.98 Å². The van der Waals surface area contributed by atoms with E-state index < -0.39 is 49.0 Å². The SMILES string of the molecule is Cc1ccc(F)c(C2(S(=O)(=O)c3ccc(C(F)(F)F)nc3)CCC(C(N)=O)CC2)c1. The Kier molecular flexibility index (Phi) is 5.66. The lowest BCUT2D eigenvalue weighted by molar-refractivity contribution is -0.141. The van der Waals surface area contributed by atoms with Crippen LogP contribution in [0.25, 0.3) is 0 Å². The molecule has 162 valence electrons. The average molecular weight is 444 g/mol. The van der Waals surface area contributed by atoms with E-state index in [9.17, 15) is 30.8 Å². The second-order valence-corrected chi connectivity index (χ2v) is 9.79. The van der Waals surface area contributed by atoms with Crippen molar-refractivity contribution in [3.63, 3.8) is 0 Å². The lowest BCUT2D eigenvalue weighted by atomic mass is 9.77. The van der Waals surface area contributed by atoms with Crippen LogP contribution in [0.2, 0.25) is 0 Å². The Labute approximate surface area is 171 Å². The Bertz CT molecular complexity index is 1060. The van der Waals surface area contributed by atoms with Gasteiger partial charge in [0.25, 0.3) is 0 Å². The van der Waals surface area contributed by atoms with Crippen LogP contribution in [-0.2, 0) is 25.6 Å². The molecular weight excluding hydrogens is 424 g/mol. The highest BCUT2D eigenvalue weighted by atomic mass is 32.2. The zero-order valence-corrected chi connectivity index (χ0v) is 16.9. The highest BCUT2D eigenvalue weighted by molar-refractivity contribution is 7.92.